The molecule has 0 atom stereocenters. The van der Waals surface area contributed by atoms with E-state index >= 15 is 0 Å². The van der Waals surface area contributed by atoms with Crippen molar-refractivity contribution in [3.05, 3.63) is 42.5 Å². The predicted octanol–water partition coefficient (Wildman–Crippen LogP) is 3.45. The highest BCUT2D eigenvalue weighted by atomic mass is 32.2. The number of sulfonamides is 1. The van der Waals surface area contributed by atoms with E-state index in [4.69, 9.17) is 9.47 Å². The van der Waals surface area contributed by atoms with Crippen LogP contribution in [0.2, 0.25) is 0 Å². The zero-order valence-electron chi connectivity index (χ0n) is 14.4. The van der Waals surface area contributed by atoms with Gasteiger partial charge in [-0.25, -0.2) is 8.42 Å². The molecule has 25 heavy (non-hydrogen) atoms. The molecule has 0 aliphatic carbocycles. The standard InChI is InChI=1S/C18H22N2O4S/c1-3-4-11-20(2)15-7-5-14(6-8-15)19-25(21,22)16-9-10-17-18(12-16)24-13-23-17/h5-10,12,19H,3-4,11,13H2,1-2H3. The van der Waals surface area contributed by atoms with Gasteiger partial charge in [-0.15, -0.1) is 0 Å². The first-order valence-corrected chi connectivity index (χ1v) is 9.71. The van der Waals surface area contributed by atoms with Crippen LogP contribution in [-0.2, 0) is 10.0 Å². The van der Waals surface area contributed by atoms with E-state index in [-0.39, 0.29) is 11.7 Å². The van der Waals surface area contributed by atoms with Gasteiger partial charge >= 0.3 is 0 Å². The smallest absolute Gasteiger partial charge is 0.262 e. The monoisotopic (exact) mass is 362 g/mol. The van der Waals surface area contributed by atoms with Crippen LogP contribution in [0, 0.1) is 0 Å². The van der Waals surface area contributed by atoms with Crippen LogP contribution in [0.1, 0.15) is 19.8 Å². The second kappa shape index (κ2) is 7.23. The summed E-state index contributed by atoms with van der Waals surface area (Å²) < 4.78 is 38.1. The van der Waals surface area contributed by atoms with Gasteiger partial charge in [0.05, 0.1) is 4.90 Å². The van der Waals surface area contributed by atoms with Crippen LogP contribution < -0.4 is 19.1 Å². The van der Waals surface area contributed by atoms with E-state index in [0.717, 1.165) is 25.1 Å². The number of nitrogens with one attached hydrogen (secondary N) is 1. The van der Waals surface area contributed by atoms with E-state index in [1.165, 1.54) is 12.1 Å². The van der Waals surface area contributed by atoms with Crippen molar-refractivity contribution in [1.82, 2.24) is 0 Å². The molecule has 0 saturated heterocycles. The number of unbranched alkanes of at least 4 members (excludes halogenated alkanes) is 1. The van der Waals surface area contributed by atoms with Crippen molar-refractivity contribution in [3.63, 3.8) is 0 Å². The summed E-state index contributed by atoms with van der Waals surface area (Å²) in [5.74, 6) is 0.995. The first kappa shape index (κ1) is 17.4. The number of rotatable bonds is 7. The van der Waals surface area contributed by atoms with E-state index in [2.05, 4.69) is 16.5 Å². The van der Waals surface area contributed by atoms with Gasteiger partial charge in [-0.1, -0.05) is 13.3 Å². The summed E-state index contributed by atoms with van der Waals surface area (Å²) in [5.41, 5.74) is 1.57. The molecule has 7 heteroatoms. The van der Waals surface area contributed by atoms with Crippen LogP contribution in [0.3, 0.4) is 0 Å². The van der Waals surface area contributed by atoms with Crippen molar-refractivity contribution < 1.29 is 17.9 Å². The Kier molecular flexibility index (Phi) is 5.03. The minimum Gasteiger partial charge on any atom is -0.454 e. The molecule has 0 radical (unpaired) electrons. The zero-order chi connectivity index (χ0) is 17.9. The quantitative estimate of drug-likeness (QED) is 0.817. The third kappa shape index (κ3) is 3.99. The molecule has 1 heterocycles. The van der Waals surface area contributed by atoms with Crippen LogP contribution >= 0.6 is 0 Å². The summed E-state index contributed by atoms with van der Waals surface area (Å²) in [4.78, 5) is 2.29. The van der Waals surface area contributed by atoms with E-state index in [9.17, 15) is 8.42 Å². The highest BCUT2D eigenvalue weighted by Gasteiger charge is 2.20. The molecule has 3 rings (SSSR count). The molecule has 6 nitrogen and oxygen atoms in total. The van der Waals surface area contributed by atoms with Crippen LogP contribution in [-0.4, -0.2) is 28.8 Å². The third-order valence-corrected chi connectivity index (χ3v) is 5.44. The van der Waals surface area contributed by atoms with E-state index in [0.29, 0.717) is 17.2 Å². The Morgan fingerprint density at radius 1 is 1.08 bits per heavy atom. The maximum Gasteiger partial charge on any atom is 0.262 e. The molecule has 0 spiro atoms. The van der Waals surface area contributed by atoms with Gasteiger partial charge in [-0.2, -0.15) is 0 Å². The SMILES string of the molecule is CCCCN(C)c1ccc(NS(=O)(=O)c2ccc3c(c2)OCO3)cc1. The summed E-state index contributed by atoms with van der Waals surface area (Å²) in [7, 11) is -1.65. The molecule has 2 aromatic carbocycles. The molecule has 0 amide bonds. The largest absolute Gasteiger partial charge is 0.454 e. The summed E-state index contributed by atoms with van der Waals surface area (Å²) in [5, 5.41) is 0. The first-order valence-electron chi connectivity index (χ1n) is 8.23. The summed E-state index contributed by atoms with van der Waals surface area (Å²) in [6, 6.07) is 11.9. The maximum atomic E-state index is 12.5. The number of hydrogen-bond donors (Lipinski definition) is 1. The molecule has 2 aromatic rings. The Morgan fingerprint density at radius 3 is 2.52 bits per heavy atom. The molecule has 0 unspecified atom stereocenters. The molecular weight excluding hydrogens is 340 g/mol. The van der Waals surface area contributed by atoms with Gasteiger partial charge < -0.3 is 14.4 Å². The van der Waals surface area contributed by atoms with Crippen LogP contribution in [0.15, 0.2) is 47.4 Å². The van der Waals surface area contributed by atoms with Crippen LogP contribution in [0.4, 0.5) is 11.4 Å². The van der Waals surface area contributed by atoms with Crippen molar-refractivity contribution >= 4 is 21.4 Å². The third-order valence-electron chi connectivity index (χ3n) is 4.06. The molecule has 0 saturated carbocycles. The molecule has 1 aliphatic rings. The number of nitrogens with zero attached hydrogens (tertiary/aromatic N) is 1. The lowest BCUT2D eigenvalue weighted by Gasteiger charge is -2.19. The Labute approximate surface area is 148 Å². The molecule has 134 valence electrons. The van der Waals surface area contributed by atoms with Crippen molar-refractivity contribution in [2.45, 2.75) is 24.7 Å². The molecule has 1 N–H and O–H groups in total. The lowest BCUT2D eigenvalue weighted by molar-refractivity contribution is 0.174. The highest BCUT2D eigenvalue weighted by molar-refractivity contribution is 7.92. The average molecular weight is 362 g/mol. The van der Waals surface area contributed by atoms with Crippen molar-refractivity contribution in [2.75, 3.05) is 30.0 Å². The van der Waals surface area contributed by atoms with E-state index in [1.807, 2.05) is 19.2 Å². The number of anilines is 2. The molecule has 0 aromatic heterocycles. The van der Waals surface area contributed by atoms with Crippen LogP contribution in [0.5, 0.6) is 11.5 Å². The van der Waals surface area contributed by atoms with Crippen molar-refractivity contribution in [1.29, 1.82) is 0 Å². The maximum absolute atomic E-state index is 12.5. The summed E-state index contributed by atoms with van der Waals surface area (Å²) in [6.07, 6.45) is 2.26. The molecule has 0 fully saturated rings. The molecule has 1 aliphatic heterocycles. The fraction of sp³-hybridized carbons (Fsp3) is 0.333. The lowest BCUT2D eigenvalue weighted by atomic mass is 10.2. The number of hydrogen-bond acceptors (Lipinski definition) is 5. The van der Waals surface area contributed by atoms with E-state index in [1.54, 1.807) is 18.2 Å². The highest BCUT2D eigenvalue weighted by Crippen LogP contribution is 2.34. The van der Waals surface area contributed by atoms with Crippen molar-refractivity contribution in [2.24, 2.45) is 0 Å². The van der Waals surface area contributed by atoms with Gasteiger partial charge in [0.15, 0.2) is 11.5 Å². The summed E-state index contributed by atoms with van der Waals surface area (Å²) in [6.45, 7) is 3.24. The summed E-state index contributed by atoms with van der Waals surface area (Å²) >= 11 is 0. The Hall–Kier alpha value is -2.41. The van der Waals surface area contributed by atoms with Gasteiger partial charge in [0.1, 0.15) is 0 Å². The topological polar surface area (TPSA) is 67.9 Å². The van der Waals surface area contributed by atoms with Gasteiger partial charge in [-0.3, -0.25) is 4.72 Å². The van der Waals surface area contributed by atoms with Gasteiger partial charge in [0.2, 0.25) is 6.79 Å². The molecular formula is C18H22N2O4S. The van der Waals surface area contributed by atoms with Gasteiger partial charge in [0, 0.05) is 31.0 Å². The first-order chi connectivity index (χ1) is 12.0. The molecule has 0 bridgehead atoms. The Morgan fingerprint density at radius 2 is 1.80 bits per heavy atom. The second-order valence-corrected chi connectivity index (χ2v) is 7.62. The van der Waals surface area contributed by atoms with Crippen molar-refractivity contribution in [3.8, 4) is 11.5 Å². The number of fused-ring (bicyclic) bond motifs is 1. The fourth-order valence-electron chi connectivity index (χ4n) is 2.57. The Bertz CT molecular complexity index is 835. The normalized spacial score (nSPS) is 12.9. The zero-order valence-corrected chi connectivity index (χ0v) is 15.2. The fourth-order valence-corrected chi connectivity index (χ4v) is 3.64. The van der Waals surface area contributed by atoms with Crippen LogP contribution in [0.25, 0.3) is 0 Å². The minimum atomic E-state index is -3.68. The lowest BCUT2D eigenvalue weighted by Crippen LogP contribution is -2.18. The minimum absolute atomic E-state index is 0.110. The van der Waals surface area contributed by atoms with Gasteiger partial charge in [-0.05, 0) is 42.8 Å². The number of benzene rings is 2. The van der Waals surface area contributed by atoms with E-state index < -0.39 is 10.0 Å². The Balaban J connectivity index is 1.72. The van der Waals surface area contributed by atoms with Gasteiger partial charge in [0.25, 0.3) is 10.0 Å². The number of ether oxygens (including phenoxy) is 2. The average Bonchev–Trinajstić information content (AvgIpc) is 3.07. The predicted molar refractivity (Wildman–Crippen MR) is 98.0 cm³/mol. The second-order valence-electron chi connectivity index (χ2n) is 5.94.